The fourth-order valence-corrected chi connectivity index (χ4v) is 5.26. The Balaban J connectivity index is 1.29. The van der Waals surface area contributed by atoms with Crippen molar-refractivity contribution < 1.29 is 27.8 Å². The molecule has 1 unspecified atom stereocenters. The summed E-state index contributed by atoms with van der Waals surface area (Å²) in [7, 11) is 0. The smallest absolute Gasteiger partial charge is 0.416 e. The van der Waals surface area contributed by atoms with E-state index in [9.17, 15) is 23.1 Å². The molecule has 2 atom stereocenters. The first-order valence-electron chi connectivity index (χ1n) is 11.7. The summed E-state index contributed by atoms with van der Waals surface area (Å²) in [6.45, 7) is 4.97. The van der Waals surface area contributed by atoms with Crippen molar-refractivity contribution in [2.45, 2.75) is 31.7 Å². The lowest BCUT2D eigenvalue weighted by atomic mass is 9.99. The van der Waals surface area contributed by atoms with Crippen LogP contribution in [-0.4, -0.2) is 71.2 Å². The molecule has 7 nitrogen and oxygen atoms in total. The van der Waals surface area contributed by atoms with Crippen LogP contribution in [0.3, 0.4) is 0 Å². The van der Waals surface area contributed by atoms with E-state index in [0.717, 1.165) is 27.4 Å². The van der Waals surface area contributed by atoms with Gasteiger partial charge in [-0.05, 0) is 36.8 Å². The number of alkyl halides is 3. The third-order valence-corrected chi connectivity index (χ3v) is 7.19. The lowest BCUT2D eigenvalue weighted by molar-refractivity contribution is -0.137. The van der Waals surface area contributed by atoms with Gasteiger partial charge < -0.3 is 15.6 Å². The highest BCUT2D eigenvalue weighted by Gasteiger charge is 2.31. The number of primary amides is 1. The Morgan fingerprint density at radius 1 is 1.17 bits per heavy atom. The molecule has 1 fully saturated rings. The van der Waals surface area contributed by atoms with Crippen LogP contribution >= 0.6 is 11.3 Å². The summed E-state index contributed by atoms with van der Waals surface area (Å²) >= 11 is 1.62. The Bertz CT molecular complexity index is 1180. The number of thiazole rings is 1. The van der Waals surface area contributed by atoms with E-state index in [4.69, 9.17) is 10.5 Å². The maximum atomic E-state index is 12.9. The molecular formula is C25H29F3N4O3S. The van der Waals surface area contributed by atoms with E-state index < -0.39 is 29.8 Å². The number of nitrogens with zero attached hydrogens (tertiary/aromatic N) is 3. The van der Waals surface area contributed by atoms with Gasteiger partial charge in [0, 0.05) is 51.3 Å². The van der Waals surface area contributed by atoms with Crippen LogP contribution in [-0.2, 0) is 11.0 Å². The van der Waals surface area contributed by atoms with E-state index in [1.165, 1.54) is 12.1 Å². The highest BCUT2D eigenvalue weighted by Crippen LogP contribution is 2.32. The van der Waals surface area contributed by atoms with Crippen molar-refractivity contribution in [3.63, 3.8) is 0 Å². The molecule has 0 spiro atoms. The second kappa shape index (κ2) is 11.1. The minimum absolute atomic E-state index is 0.0185. The van der Waals surface area contributed by atoms with E-state index in [1.54, 1.807) is 11.3 Å². The number of nitrogens with two attached hydrogens (primary N) is 1. The molecule has 0 radical (unpaired) electrons. The van der Waals surface area contributed by atoms with E-state index in [1.807, 2.05) is 25.1 Å². The van der Waals surface area contributed by atoms with E-state index in [0.29, 0.717) is 44.0 Å². The number of fused-ring (bicyclic) bond motifs is 1. The SMILES string of the molecule is Cc1nc2cc(OC[C@H](O)CN3CCN(C(CC(N)=O)c4ccc(C(F)(F)F)cc4)CC3)ccc2s1. The number of ether oxygens (including phenoxy) is 1. The van der Waals surface area contributed by atoms with Crippen molar-refractivity contribution in [3.8, 4) is 5.75 Å². The van der Waals surface area contributed by atoms with Crippen LogP contribution in [0.25, 0.3) is 10.2 Å². The fraction of sp³-hybridized carbons (Fsp3) is 0.440. The van der Waals surface area contributed by atoms with Gasteiger partial charge in [-0.1, -0.05) is 12.1 Å². The van der Waals surface area contributed by atoms with Gasteiger partial charge in [0.05, 0.1) is 20.8 Å². The van der Waals surface area contributed by atoms with Gasteiger partial charge in [-0.2, -0.15) is 13.2 Å². The average Bonchev–Trinajstić information content (AvgIpc) is 3.20. The normalized spacial score (nSPS) is 17.2. The van der Waals surface area contributed by atoms with Crippen LogP contribution in [0.15, 0.2) is 42.5 Å². The molecule has 0 aliphatic carbocycles. The molecule has 2 heterocycles. The Hall–Kier alpha value is -2.73. The number of carbonyl (C=O) groups excluding carboxylic acids is 1. The highest BCUT2D eigenvalue weighted by molar-refractivity contribution is 7.18. The number of aliphatic hydroxyl groups is 1. The van der Waals surface area contributed by atoms with Gasteiger partial charge in [0.15, 0.2) is 0 Å². The number of halogens is 3. The van der Waals surface area contributed by atoms with Gasteiger partial charge in [0.25, 0.3) is 0 Å². The van der Waals surface area contributed by atoms with E-state index in [-0.39, 0.29) is 13.0 Å². The molecule has 4 rings (SSSR count). The minimum atomic E-state index is -4.42. The second-order valence-electron chi connectivity index (χ2n) is 8.97. The largest absolute Gasteiger partial charge is 0.491 e. The van der Waals surface area contributed by atoms with Crippen molar-refractivity contribution in [2.75, 3.05) is 39.3 Å². The number of hydrogen-bond acceptors (Lipinski definition) is 7. The van der Waals surface area contributed by atoms with Crippen molar-refractivity contribution in [3.05, 3.63) is 58.6 Å². The van der Waals surface area contributed by atoms with Crippen molar-refractivity contribution in [1.82, 2.24) is 14.8 Å². The number of aliphatic hydroxyl groups excluding tert-OH is 1. The van der Waals surface area contributed by atoms with E-state index in [2.05, 4.69) is 14.8 Å². The Labute approximate surface area is 211 Å². The molecule has 36 heavy (non-hydrogen) atoms. The topological polar surface area (TPSA) is 91.9 Å². The summed E-state index contributed by atoms with van der Waals surface area (Å²) in [4.78, 5) is 20.3. The molecule has 0 saturated carbocycles. The highest BCUT2D eigenvalue weighted by atomic mass is 32.1. The van der Waals surface area contributed by atoms with Gasteiger partial charge in [-0.25, -0.2) is 4.98 Å². The first kappa shape index (κ1) is 26.3. The molecule has 3 N–H and O–H groups in total. The monoisotopic (exact) mass is 522 g/mol. The zero-order valence-electron chi connectivity index (χ0n) is 19.9. The number of benzene rings is 2. The molecular weight excluding hydrogens is 493 g/mol. The average molecular weight is 523 g/mol. The molecule has 2 aromatic carbocycles. The molecule has 1 aliphatic heterocycles. The number of piperazine rings is 1. The number of amides is 1. The Morgan fingerprint density at radius 3 is 2.50 bits per heavy atom. The summed E-state index contributed by atoms with van der Waals surface area (Å²) in [5, 5.41) is 11.5. The third kappa shape index (κ3) is 6.73. The third-order valence-electron chi connectivity index (χ3n) is 6.24. The summed E-state index contributed by atoms with van der Waals surface area (Å²) in [6, 6.07) is 10.2. The maximum Gasteiger partial charge on any atom is 0.416 e. The van der Waals surface area contributed by atoms with Crippen molar-refractivity contribution >= 4 is 27.5 Å². The number of aromatic nitrogens is 1. The van der Waals surface area contributed by atoms with Gasteiger partial charge in [-0.3, -0.25) is 14.6 Å². The predicted molar refractivity (Wildman–Crippen MR) is 132 cm³/mol. The standard InChI is InChI=1S/C25H29F3N4O3S/c1-16-30-21-12-20(6-7-23(21)36-16)35-15-19(33)14-31-8-10-32(11-9-31)22(13-24(29)34)17-2-4-18(5-3-17)25(26,27)28/h2-7,12,19,22,33H,8-11,13-15H2,1H3,(H2,29,34)/t19-,22?/m1/s1. The summed E-state index contributed by atoms with van der Waals surface area (Å²) in [5.74, 6) is 0.142. The van der Waals surface area contributed by atoms with Gasteiger partial charge in [-0.15, -0.1) is 11.3 Å². The van der Waals surface area contributed by atoms with Crippen molar-refractivity contribution in [2.24, 2.45) is 5.73 Å². The number of carbonyl (C=O) groups is 1. The molecule has 3 aromatic rings. The summed E-state index contributed by atoms with van der Waals surface area (Å²) in [5.41, 5.74) is 6.20. The lowest BCUT2D eigenvalue weighted by Gasteiger charge is -2.39. The molecule has 194 valence electrons. The minimum Gasteiger partial charge on any atom is -0.491 e. The fourth-order valence-electron chi connectivity index (χ4n) is 4.46. The molecule has 1 amide bonds. The molecule has 1 aromatic heterocycles. The van der Waals surface area contributed by atoms with Crippen LogP contribution in [0.5, 0.6) is 5.75 Å². The maximum absolute atomic E-state index is 12.9. The lowest BCUT2D eigenvalue weighted by Crippen LogP contribution is -2.50. The van der Waals surface area contributed by atoms with Gasteiger partial charge in [0.2, 0.25) is 5.91 Å². The molecule has 11 heteroatoms. The van der Waals surface area contributed by atoms with Crippen LogP contribution in [0.4, 0.5) is 13.2 Å². The summed E-state index contributed by atoms with van der Waals surface area (Å²) < 4.78 is 45.6. The Morgan fingerprint density at radius 2 is 1.86 bits per heavy atom. The Kier molecular flexibility index (Phi) is 8.13. The van der Waals surface area contributed by atoms with Crippen LogP contribution in [0, 0.1) is 6.92 Å². The molecule has 1 saturated heterocycles. The van der Waals surface area contributed by atoms with Crippen LogP contribution in [0.2, 0.25) is 0 Å². The van der Waals surface area contributed by atoms with Crippen molar-refractivity contribution in [1.29, 1.82) is 0 Å². The second-order valence-corrected chi connectivity index (χ2v) is 10.2. The molecule has 0 bridgehead atoms. The van der Waals surface area contributed by atoms with Crippen LogP contribution < -0.4 is 10.5 Å². The summed E-state index contributed by atoms with van der Waals surface area (Å²) in [6.07, 6.45) is -5.09. The number of aryl methyl sites for hydroxylation is 1. The van der Waals surface area contributed by atoms with Gasteiger partial charge in [0.1, 0.15) is 18.5 Å². The van der Waals surface area contributed by atoms with Gasteiger partial charge >= 0.3 is 6.18 Å². The molecule has 1 aliphatic rings. The first-order valence-corrected chi connectivity index (χ1v) is 12.5. The zero-order valence-corrected chi connectivity index (χ0v) is 20.7. The number of rotatable bonds is 9. The zero-order chi connectivity index (χ0) is 25.9. The number of β-amino-alcohol motifs (C(OH)–C–C–N with tert-alkyl or cyclic N) is 1. The quantitative estimate of drug-likeness (QED) is 0.446. The predicted octanol–water partition coefficient (Wildman–Crippen LogP) is 3.60. The van der Waals surface area contributed by atoms with Crippen LogP contribution in [0.1, 0.15) is 28.6 Å². The first-order chi connectivity index (χ1) is 17.1. The number of hydrogen-bond donors (Lipinski definition) is 2. The van der Waals surface area contributed by atoms with E-state index >= 15 is 0 Å².